The number of amides is 1. The van der Waals surface area contributed by atoms with Gasteiger partial charge in [-0.05, 0) is 47.5 Å². The highest BCUT2D eigenvalue weighted by atomic mass is 79.9. The summed E-state index contributed by atoms with van der Waals surface area (Å²) in [4.78, 5) is 11.5. The molecule has 0 heterocycles. The van der Waals surface area contributed by atoms with Gasteiger partial charge in [0.2, 0.25) is 5.91 Å². The molecule has 0 fully saturated rings. The van der Waals surface area contributed by atoms with Crippen LogP contribution in [0.5, 0.6) is 5.75 Å². The lowest BCUT2D eigenvalue weighted by molar-refractivity contribution is -0.121. The molecule has 5 heteroatoms. The number of rotatable bonds is 4. The summed E-state index contributed by atoms with van der Waals surface area (Å²) in [5.74, 6) is 0.451. The standard InChI is InChI=1S/C13H15BrN2O2/c1-13(2,16-12(17)6-7-15)9-4-5-11(18-3)10(14)8-9/h4-5,8H,6H2,1-3H3,(H,16,17). The molecule has 0 atom stereocenters. The van der Waals surface area contributed by atoms with E-state index in [-0.39, 0.29) is 12.3 Å². The summed E-state index contributed by atoms with van der Waals surface area (Å²) in [6.07, 6.45) is -0.138. The lowest BCUT2D eigenvalue weighted by atomic mass is 9.94. The molecule has 1 aromatic rings. The zero-order valence-corrected chi connectivity index (χ0v) is 12.2. The maximum atomic E-state index is 11.5. The number of hydrogen-bond acceptors (Lipinski definition) is 3. The van der Waals surface area contributed by atoms with E-state index < -0.39 is 5.54 Å². The Morgan fingerprint density at radius 3 is 2.72 bits per heavy atom. The van der Waals surface area contributed by atoms with E-state index >= 15 is 0 Å². The second-order valence-electron chi connectivity index (χ2n) is 4.36. The van der Waals surface area contributed by atoms with Crippen LogP contribution in [0.2, 0.25) is 0 Å². The molecule has 0 aliphatic heterocycles. The smallest absolute Gasteiger partial charge is 0.234 e. The Balaban J connectivity index is 2.95. The lowest BCUT2D eigenvalue weighted by Gasteiger charge is -2.27. The van der Waals surface area contributed by atoms with Crippen molar-refractivity contribution in [2.75, 3.05) is 7.11 Å². The van der Waals surface area contributed by atoms with E-state index in [1.807, 2.05) is 38.1 Å². The van der Waals surface area contributed by atoms with Gasteiger partial charge in [-0.3, -0.25) is 4.79 Å². The van der Waals surface area contributed by atoms with Gasteiger partial charge in [0.05, 0.1) is 23.2 Å². The number of ether oxygens (including phenoxy) is 1. The van der Waals surface area contributed by atoms with Gasteiger partial charge >= 0.3 is 0 Å². The summed E-state index contributed by atoms with van der Waals surface area (Å²) in [5.41, 5.74) is 0.393. The first-order valence-electron chi connectivity index (χ1n) is 5.42. The third-order valence-electron chi connectivity index (χ3n) is 2.57. The molecule has 0 unspecified atom stereocenters. The van der Waals surface area contributed by atoms with Crippen LogP contribution in [-0.4, -0.2) is 13.0 Å². The highest BCUT2D eigenvalue weighted by Crippen LogP contribution is 2.30. The zero-order chi connectivity index (χ0) is 13.8. The molecular formula is C13H15BrN2O2. The van der Waals surface area contributed by atoms with Crippen molar-refractivity contribution in [1.29, 1.82) is 5.26 Å². The summed E-state index contributed by atoms with van der Waals surface area (Å²) in [6, 6.07) is 7.44. The highest BCUT2D eigenvalue weighted by Gasteiger charge is 2.23. The zero-order valence-electron chi connectivity index (χ0n) is 10.6. The van der Waals surface area contributed by atoms with E-state index in [9.17, 15) is 4.79 Å². The van der Waals surface area contributed by atoms with Crippen molar-refractivity contribution in [3.8, 4) is 11.8 Å². The molecule has 1 N–H and O–H groups in total. The van der Waals surface area contributed by atoms with Gasteiger partial charge in [0.15, 0.2) is 0 Å². The highest BCUT2D eigenvalue weighted by molar-refractivity contribution is 9.10. The van der Waals surface area contributed by atoms with Crippen LogP contribution in [0, 0.1) is 11.3 Å². The fourth-order valence-electron chi connectivity index (χ4n) is 1.59. The minimum atomic E-state index is -0.539. The van der Waals surface area contributed by atoms with Gasteiger partial charge in [0.25, 0.3) is 0 Å². The molecule has 0 bridgehead atoms. The van der Waals surface area contributed by atoms with Crippen LogP contribution < -0.4 is 10.1 Å². The molecule has 0 radical (unpaired) electrons. The Kier molecular flexibility index (Phi) is 4.74. The number of nitrogens with one attached hydrogen (secondary N) is 1. The number of carbonyl (C=O) groups excluding carboxylic acids is 1. The minimum Gasteiger partial charge on any atom is -0.496 e. The van der Waals surface area contributed by atoms with Gasteiger partial charge in [-0.25, -0.2) is 0 Å². The Hall–Kier alpha value is -1.54. The molecule has 18 heavy (non-hydrogen) atoms. The Bertz CT molecular complexity index is 492. The third-order valence-corrected chi connectivity index (χ3v) is 3.18. The summed E-state index contributed by atoms with van der Waals surface area (Å²) < 4.78 is 5.98. The average Bonchev–Trinajstić information content (AvgIpc) is 2.28. The number of hydrogen-bond donors (Lipinski definition) is 1. The van der Waals surface area contributed by atoms with Crippen LogP contribution >= 0.6 is 15.9 Å². The largest absolute Gasteiger partial charge is 0.496 e. The predicted molar refractivity (Wildman–Crippen MR) is 72.1 cm³/mol. The van der Waals surface area contributed by atoms with Crippen molar-refractivity contribution in [2.45, 2.75) is 25.8 Å². The second kappa shape index (κ2) is 5.87. The van der Waals surface area contributed by atoms with Crippen molar-refractivity contribution in [3.05, 3.63) is 28.2 Å². The molecule has 1 rings (SSSR count). The van der Waals surface area contributed by atoms with Crippen molar-refractivity contribution in [3.63, 3.8) is 0 Å². The minimum absolute atomic E-state index is 0.138. The monoisotopic (exact) mass is 310 g/mol. The first kappa shape index (κ1) is 14.5. The number of benzene rings is 1. The number of nitrogens with zero attached hydrogens (tertiary/aromatic N) is 1. The molecule has 0 aliphatic carbocycles. The molecule has 96 valence electrons. The van der Waals surface area contributed by atoms with Gasteiger partial charge in [-0.15, -0.1) is 0 Å². The summed E-state index contributed by atoms with van der Waals surface area (Å²) in [7, 11) is 1.60. The van der Waals surface area contributed by atoms with Crippen LogP contribution in [0.3, 0.4) is 0 Å². The van der Waals surface area contributed by atoms with E-state index in [1.54, 1.807) is 7.11 Å². The second-order valence-corrected chi connectivity index (χ2v) is 5.21. The number of carbonyl (C=O) groups is 1. The summed E-state index contributed by atoms with van der Waals surface area (Å²) in [5, 5.41) is 11.3. The molecule has 0 aliphatic rings. The summed E-state index contributed by atoms with van der Waals surface area (Å²) in [6.45, 7) is 3.77. The van der Waals surface area contributed by atoms with Gasteiger partial charge < -0.3 is 10.1 Å². The van der Waals surface area contributed by atoms with Gasteiger partial charge in [0, 0.05) is 0 Å². The molecule has 0 saturated heterocycles. The Morgan fingerprint density at radius 2 is 2.22 bits per heavy atom. The maximum absolute atomic E-state index is 11.5. The van der Waals surface area contributed by atoms with Crippen LogP contribution in [0.4, 0.5) is 0 Å². The SMILES string of the molecule is COc1ccc(C(C)(C)NC(=O)CC#N)cc1Br. The number of halogens is 1. The van der Waals surface area contributed by atoms with Gasteiger partial charge in [-0.2, -0.15) is 5.26 Å². The van der Waals surface area contributed by atoms with Crippen LogP contribution in [0.15, 0.2) is 22.7 Å². The van der Waals surface area contributed by atoms with Crippen molar-refractivity contribution < 1.29 is 9.53 Å². The predicted octanol–water partition coefficient (Wildman–Crippen LogP) is 2.72. The Labute approximate surface area is 115 Å². The molecule has 0 saturated carbocycles. The number of methoxy groups -OCH3 is 1. The topological polar surface area (TPSA) is 62.1 Å². The molecule has 4 nitrogen and oxygen atoms in total. The first-order valence-corrected chi connectivity index (χ1v) is 6.22. The maximum Gasteiger partial charge on any atom is 0.234 e. The first-order chi connectivity index (χ1) is 8.40. The van der Waals surface area contributed by atoms with Crippen LogP contribution in [-0.2, 0) is 10.3 Å². The third kappa shape index (κ3) is 3.47. The molecule has 0 spiro atoms. The van der Waals surface area contributed by atoms with E-state index in [1.165, 1.54) is 0 Å². The van der Waals surface area contributed by atoms with Crippen molar-refractivity contribution in [2.24, 2.45) is 0 Å². The Morgan fingerprint density at radius 1 is 1.56 bits per heavy atom. The number of nitriles is 1. The van der Waals surface area contributed by atoms with Crippen LogP contribution in [0.1, 0.15) is 25.8 Å². The van der Waals surface area contributed by atoms with Gasteiger partial charge in [0.1, 0.15) is 12.2 Å². The van der Waals surface area contributed by atoms with Gasteiger partial charge in [-0.1, -0.05) is 6.07 Å². The molecular weight excluding hydrogens is 296 g/mol. The van der Waals surface area contributed by atoms with E-state index in [4.69, 9.17) is 10.00 Å². The van der Waals surface area contributed by atoms with E-state index in [0.717, 1.165) is 15.8 Å². The van der Waals surface area contributed by atoms with Crippen LogP contribution in [0.25, 0.3) is 0 Å². The summed E-state index contributed by atoms with van der Waals surface area (Å²) >= 11 is 3.41. The molecule has 1 aromatic carbocycles. The average molecular weight is 311 g/mol. The van der Waals surface area contributed by atoms with Crippen molar-refractivity contribution in [1.82, 2.24) is 5.32 Å². The fourth-order valence-corrected chi connectivity index (χ4v) is 2.13. The normalized spacial score (nSPS) is 10.6. The van der Waals surface area contributed by atoms with E-state index in [0.29, 0.717) is 0 Å². The van der Waals surface area contributed by atoms with Crippen molar-refractivity contribution >= 4 is 21.8 Å². The van der Waals surface area contributed by atoms with E-state index in [2.05, 4.69) is 21.2 Å². The molecule has 1 amide bonds. The quantitative estimate of drug-likeness (QED) is 0.930. The molecule has 0 aromatic heterocycles. The lowest BCUT2D eigenvalue weighted by Crippen LogP contribution is -2.40. The fraction of sp³-hybridized carbons (Fsp3) is 0.385.